The molecule has 0 aliphatic heterocycles. The third-order valence-electron chi connectivity index (χ3n) is 5.78. The van der Waals surface area contributed by atoms with Gasteiger partial charge in [-0.05, 0) is 56.0 Å². The molecule has 2 rings (SSSR count). The highest BCUT2D eigenvalue weighted by Gasteiger charge is 2.32. The molecular weight excluding hydrogens is 486 g/mol. The zero-order valence-electron chi connectivity index (χ0n) is 21.2. The van der Waals surface area contributed by atoms with Crippen LogP contribution in [0.2, 0.25) is 5.02 Å². The van der Waals surface area contributed by atoms with Gasteiger partial charge in [0, 0.05) is 18.1 Å². The van der Waals surface area contributed by atoms with E-state index in [9.17, 15) is 18.0 Å². The van der Waals surface area contributed by atoms with Gasteiger partial charge in [0.25, 0.3) is 0 Å². The summed E-state index contributed by atoms with van der Waals surface area (Å²) in [6, 6.07) is 11.7. The van der Waals surface area contributed by atoms with Crippen molar-refractivity contribution in [1.29, 1.82) is 0 Å². The molecule has 0 aromatic heterocycles. The molecule has 0 heterocycles. The van der Waals surface area contributed by atoms with Crippen molar-refractivity contribution < 1.29 is 18.0 Å². The molecule has 0 radical (unpaired) electrons. The number of benzene rings is 2. The van der Waals surface area contributed by atoms with Crippen LogP contribution in [-0.4, -0.2) is 50.5 Å². The smallest absolute Gasteiger partial charge is 0.244 e. The van der Waals surface area contributed by atoms with Crippen molar-refractivity contribution in [2.75, 3.05) is 23.7 Å². The molecule has 0 aliphatic rings. The number of hydrogen-bond acceptors (Lipinski definition) is 4. The Morgan fingerprint density at radius 3 is 2.26 bits per heavy atom. The van der Waals surface area contributed by atoms with Gasteiger partial charge in [0.05, 0.1) is 11.9 Å². The van der Waals surface area contributed by atoms with Crippen molar-refractivity contribution in [2.24, 2.45) is 0 Å². The van der Waals surface area contributed by atoms with E-state index in [1.165, 1.54) is 4.90 Å². The number of hydrogen-bond donors (Lipinski definition) is 1. The van der Waals surface area contributed by atoms with E-state index >= 15 is 0 Å². The molecule has 2 amide bonds. The van der Waals surface area contributed by atoms with Crippen LogP contribution in [0.4, 0.5) is 5.69 Å². The minimum Gasteiger partial charge on any atom is -0.354 e. The molecule has 0 bridgehead atoms. The van der Waals surface area contributed by atoms with Gasteiger partial charge in [-0.3, -0.25) is 13.9 Å². The van der Waals surface area contributed by atoms with Crippen molar-refractivity contribution in [3.8, 4) is 0 Å². The maximum atomic E-state index is 13.7. The van der Waals surface area contributed by atoms with Crippen molar-refractivity contribution in [1.82, 2.24) is 10.2 Å². The standard InChI is InChI=1S/C26H36ClN3O4S/c1-6-8-15-28-26(32)23(7-2)29(17-21-10-12-22(27)13-11-21)25(31)18-30(35(5,33)34)24-14-9-19(3)16-20(24)4/h9-14,16,23H,6-8,15,17-18H2,1-5H3,(H,28,32)/t23-/m0/s1. The van der Waals surface area contributed by atoms with E-state index < -0.39 is 28.5 Å². The third kappa shape index (κ3) is 8.25. The molecule has 9 heteroatoms. The summed E-state index contributed by atoms with van der Waals surface area (Å²) in [5.41, 5.74) is 2.97. The SMILES string of the molecule is CCCCNC(=O)[C@H](CC)N(Cc1ccc(Cl)cc1)C(=O)CN(c1ccc(C)cc1C)S(C)(=O)=O. The predicted octanol–water partition coefficient (Wildman–Crippen LogP) is 4.45. The van der Waals surface area contributed by atoms with Crippen LogP contribution in [0.1, 0.15) is 49.8 Å². The number of unbranched alkanes of at least 4 members (excludes halogenated alkanes) is 1. The van der Waals surface area contributed by atoms with Crippen molar-refractivity contribution in [3.05, 3.63) is 64.2 Å². The summed E-state index contributed by atoms with van der Waals surface area (Å²) >= 11 is 6.02. The van der Waals surface area contributed by atoms with E-state index in [0.717, 1.165) is 40.1 Å². The average molecular weight is 522 g/mol. The second-order valence-corrected chi connectivity index (χ2v) is 11.1. The summed E-state index contributed by atoms with van der Waals surface area (Å²) in [5, 5.41) is 3.47. The largest absolute Gasteiger partial charge is 0.354 e. The Labute approximate surface area is 214 Å². The molecule has 0 aliphatic carbocycles. The Hall–Kier alpha value is -2.58. The first-order chi connectivity index (χ1) is 16.5. The van der Waals surface area contributed by atoms with E-state index in [4.69, 9.17) is 11.6 Å². The van der Waals surface area contributed by atoms with E-state index in [1.807, 2.05) is 39.8 Å². The van der Waals surface area contributed by atoms with Gasteiger partial charge in [-0.25, -0.2) is 8.42 Å². The lowest BCUT2D eigenvalue weighted by Gasteiger charge is -2.33. The fourth-order valence-electron chi connectivity index (χ4n) is 3.89. The maximum Gasteiger partial charge on any atom is 0.244 e. The number of nitrogens with zero attached hydrogens (tertiary/aromatic N) is 2. The summed E-state index contributed by atoms with van der Waals surface area (Å²) in [5.74, 6) is -0.705. The number of nitrogens with one attached hydrogen (secondary N) is 1. The Kier molecular flexibility index (Phi) is 10.6. The molecule has 0 saturated carbocycles. The number of anilines is 1. The van der Waals surface area contributed by atoms with Crippen LogP contribution in [0.5, 0.6) is 0 Å². The highest BCUT2D eigenvalue weighted by Crippen LogP contribution is 2.24. The monoisotopic (exact) mass is 521 g/mol. The van der Waals surface area contributed by atoms with Crippen LogP contribution in [0.3, 0.4) is 0 Å². The minimum atomic E-state index is -3.76. The fourth-order valence-corrected chi connectivity index (χ4v) is 4.93. The molecule has 2 aromatic rings. The van der Waals surface area contributed by atoms with Crippen molar-refractivity contribution >= 4 is 39.1 Å². The molecule has 0 fully saturated rings. The van der Waals surface area contributed by atoms with Gasteiger partial charge >= 0.3 is 0 Å². The van der Waals surface area contributed by atoms with Crippen LogP contribution >= 0.6 is 11.6 Å². The van der Waals surface area contributed by atoms with Gasteiger partial charge < -0.3 is 10.2 Å². The van der Waals surface area contributed by atoms with E-state index in [-0.39, 0.29) is 12.5 Å². The van der Waals surface area contributed by atoms with Gasteiger partial charge in [0.2, 0.25) is 21.8 Å². The second kappa shape index (κ2) is 12.9. The highest BCUT2D eigenvalue weighted by atomic mass is 35.5. The van der Waals surface area contributed by atoms with Gasteiger partial charge in [0.15, 0.2) is 0 Å². The topological polar surface area (TPSA) is 86.8 Å². The second-order valence-electron chi connectivity index (χ2n) is 8.78. The predicted molar refractivity (Wildman–Crippen MR) is 142 cm³/mol. The first kappa shape index (κ1) is 28.7. The summed E-state index contributed by atoms with van der Waals surface area (Å²) in [4.78, 5) is 28.2. The van der Waals surface area contributed by atoms with Crippen LogP contribution < -0.4 is 9.62 Å². The number of amides is 2. The maximum absolute atomic E-state index is 13.7. The summed E-state index contributed by atoms with van der Waals surface area (Å²) < 4.78 is 26.6. The Morgan fingerprint density at radius 2 is 1.71 bits per heavy atom. The molecule has 0 spiro atoms. The number of halogens is 1. The molecule has 192 valence electrons. The van der Waals surface area contributed by atoms with Crippen molar-refractivity contribution in [3.63, 3.8) is 0 Å². The highest BCUT2D eigenvalue weighted by molar-refractivity contribution is 7.92. The average Bonchev–Trinajstić information content (AvgIpc) is 2.78. The summed E-state index contributed by atoms with van der Waals surface area (Å²) in [6.45, 7) is 7.87. The van der Waals surface area contributed by atoms with Gasteiger partial charge in [-0.1, -0.05) is 61.7 Å². The normalized spacial score (nSPS) is 12.2. The van der Waals surface area contributed by atoms with Crippen LogP contribution in [-0.2, 0) is 26.2 Å². The Morgan fingerprint density at radius 1 is 1.06 bits per heavy atom. The number of carbonyl (C=O) groups excluding carboxylic acids is 2. The molecule has 35 heavy (non-hydrogen) atoms. The number of rotatable bonds is 12. The number of carbonyl (C=O) groups is 2. The van der Waals surface area contributed by atoms with Crippen molar-refractivity contribution in [2.45, 2.75) is 59.5 Å². The van der Waals surface area contributed by atoms with Gasteiger partial charge in [0.1, 0.15) is 12.6 Å². The van der Waals surface area contributed by atoms with E-state index in [2.05, 4.69) is 5.32 Å². The zero-order chi connectivity index (χ0) is 26.2. The summed E-state index contributed by atoms with van der Waals surface area (Å²) in [6.07, 6.45) is 3.24. The third-order valence-corrected chi connectivity index (χ3v) is 7.16. The Bertz CT molecular complexity index is 1120. The summed E-state index contributed by atoms with van der Waals surface area (Å²) in [7, 11) is -3.76. The van der Waals surface area contributed by atoms with Crippen LogP contribution in [0, 0.1) is 13.8 Å². The molecule has 0 unspecified atom stereocenters. The molecule has 1 N–H and O–H groups in total. The fraction of sp³-hybridized carbons (Fsp3) is 0.462. The van der Waals surface area contributed by atoms with E-state index in [1.54, 1.807) is 30.3 Å². The first-order valence-corrected chi connectivity index (χ1v) is 14.1. The minimum absolute atomic E-state index is 0.153. The van der Waals surface area contributed by atoms with E-state index in [0.29, 0.717) is 23.7 Å². The molecule has 7 nitrogen and oxygen atoms in total. The molecule has 1 atom stereocenters. The number of aryl methyl sites for hydroxylation is 2. The lowest BCUT2D eigenvalue weighted by Crippen LogP contribution is -2.52. The molecular formula is C26H36ClN3O4S. The van der Waals surface area contributed by atoms with Gasteiger partial charge in [-0.15, -0.1) is 0 Å². The lowest BCUT2D eigenvalue weighted by atomic mass is 10.1. The van der Waals surface area contributed by atoms with Crippen LogP contribution in [0.15, 0.2) is 42.5 Å². The van der Waals surface area contributed by atoms with Gasteiger partial charge in [-0.2, -0.15) is 0 Å². The zero-order valence-corrected chi connectivity index (χ0v) is 22.7. The first-order valence-electron chi connectivity index (χ1n) is 11.8. The molecule has 2 aromatic carbocycles. The quantitative estimate of drug-likeness (QED) is 0.418. The molecule has 0 saturated heterocycles. The number of sulfonamides is 1. The van der Waals surface area contributed by atoms with Crippen LogP contribution in [0.25, 0.3) is 0 Å². The lowest BCUT2D eigenvalue weighted by molar-refractivity contribution is -0.140. The Balaban J connectivity index is 2.42.